The van der Waals surface area contributed by atoms with Gasteiger partial charge in [0.2, 0.25) is 5.89 Å². The van der Waals surface area contributed by atoms with Gasteiger partial charge in [0.1, 0.15) is 5.76 Å². The van der Waals surface area contributed by atoms with Crippen molar-refractivity contribution in [3.8, 4) is 0 Å². The van der Waals surface area contributed by atoms with Gasteiger partial charge in [0, 0.05) is 5.41 Å². The molecule has 1 rings (SSSR count). The Balaban J connectivity index is 2.89. The molecule has 0 spiro atoms. The first kappa shape index (κ1) is 8.65. The van der Waals surface area contributed by atoms with Crippen molar-refractivity contribution < 1.29 is 4.42 Å². The molecule has 0 N–H and O–H groups in total. The van der Waals surface area contributed by atoms with E-state index in [1.54, 1.807) is 6.20 Å². The largest absolute Gasteiger partial charge is 0.444 e. The first-order valence-electron chi connectivity index (χ1n) is 3.60. The molecular formula is C8H13NOS. The summed E-state index contributed by atoms with van der Waals surface area (Å²) >= 11 is 4.06. The van der Waals surface area contributed by atoms with E-state index in [0.29, 0.717) is 11.6 Å². The molecule has 0 saturated heterocycles. The Hall–Kier alpha value is -0.440. The number of hydrogen-bond donors (Lipinski definition) is 1. The molecule has 0 amide bonds. The van der Waals surface area contributed by atoms with Crippen LogP contribution in [0.25, 0.3) is 0 Å². The molecule has 62 valence electrons. The third-order valence-corrected chi connectivity index (χ3v) is 1.70. The van der Waals surface area contributed by atoms with Gasteiger partial charge in [0.15, 0.2) is 0 Å². The SMILES string of the molecule is CC(C)(C)c1cnc(CS)o1. The Morgan fingerprint density at radius 3 is 2.45 bits per heavy atom. The lowest BCUT2D eigenvalue weighted by atomic mass is 9.94. The maximum Gasteiger partial charge on any atom is 0.204 e. The summed E-state index contributed by atoms with van der Waals surface area (Å²) in [5.74, 6) is 2.18. The topological polar surface area (TPSA) is 26.0 Å². The summed E-state index contributed by atoms with van der Waals surface area (Å²) in [5.41, 5.74) is 0.0498. The highest BCUT2D eigenvalue weighted by atomic mass is 32.1. The zero-order valence-corrected chi connectivity index (χ0v) is 7.98. The van der Waals surface area contributed by atoms with Crippen LogP contribution in [0.15, 0.2) is 10.6 Å². The van der Waals surface area contributed by atoms with Gasteiger partial charge in [-0.05, 0) is 0 Å². The molecular weight excluding hydrogens is 158 g/mol. The highest BCUT2D eigenvalue weighted by Gasteiger charge is 2.18. The quantitative estimate of drug-likeness (QED) is 0.657. The fourth-order valence-corrected chi connectivity index (χ4v) is 0.876. The molecule has 0 aromatic carbocycles. The lowest BCUT2D eigenvalue weighted by Crippen LogP contribution is -2.09. The number of thiol groups is 1. The fraction of sp³-hybridized carbons (Fsp3) is 0.625. The van der Waals surface area contributed by atoms with Crippen LogP contribution in [0.2, 0.25) is 0 Å². The molecule has 3 heteroatoms. The standard InChI is InChI=1S/C8H13NOS/c1-8(2,3)6-4-9-7(5-11)10-6/h4,11H,5H2,1-3H3. The van der Waals surface area contributed by atoms with Crippen molar-refractivity contribution >= 4 is 12.6 Å². The van der Waals surface area contributed by atoms with Crippen molar-refractivity contribution in [3.63, 3.8) is 0 Å². The van der Waals surface area contributed by atoms with Gasteiger partial charge in [-0.3, -0.25) is 0 Å². The molecule has 1 aromatic rings. The molecule has 11 heavy (non-hydrogen) atoms. The number of aromatic nitrogens is 1. The van der Waals surface area contributed by atoms with Gasteiger partial charge >= 0.3 is 0 Å². The van der Waals surface area contributed by atoms with Gasteiger partial charge in [0.25, 0.3) is 0 Å². The second kappa shape index (κ2) is 2.89. The van der Waals surface area contributed by atoms with Crippen molar-refractivity contribution in [1.82, 2.24) is 4.98 Å². The van der Waals surface area contributed by atoms with Crippen molar-refractivity contribution in [1.29, 1.82) is 0 Å². The van der Waals surface area contributed by atoms with Gasteiger partial charge in [-0.15, -0.1) is 0 Å². The summed E-state index contributed by atoms with van der Waals surface area (Å²) in [6, 6.07) is 0. The molecule has 0 unspecified atom stereocenters. The predicted molar refractivity (Wildman–Crippen MR) is 47.9 cm³/mol. The number of nitrogens with zero attached hydrogens (tertiary/aromatic N) is 1. The van der Waals surface area contributed by atoms with Crippen LogP contribution < -0.4 is 0 Å². The van der Waals surface area contributed by atoms with Gasteiger partial charge in [-0.1, -0.05) is 20.8 Å². The lowest BCUT2D eigenvalue weighted by molar-refractivity contribution is 0.391. The van der Waals surface area contributed by atoms with Crippen LogP contribution >= 0.6 is 12.6 Å². The number of oxazole rings is 1. The Labute approximate surface area is 72.4 Å². The molecule has 0 aliphatic rings. The molecule has 0 fully saturated rings. The van der Waals surface area contributed by atoms with Crippen LogP contribution in [-0.2, 0) is 11.2 Å². The van der Waals surface area contributed by atoms with E-state index in [1.807, 2.05) is 0 Å². The monoisotopic (exact) mass is 171 g/mol. The van der Waals surface area contributed by atoms with E-state index in [4.69, 9.17) is 4.42 Å². The Morgan fingerprint density at radius 1 is 1.55 bits per heavy atom. The van der Waals surface area contributed by atoms with E-state index in [2.05, 4.69) is 38.4 Å². The van der Waals surface area contributed by atoms with Crippen LogP contribution in [0.5, 0.6) is 0 Å². The van der Waals surface area contributed by atoms with Crippen LogP contribution in [0.1, 0.15) is 32.4 Å². The van der Waals surface area contributed by atoms with E-state index in [1.165, 1.54) is 0 Å². The third kappa shape index (κ3) is 1.99. The second-order valence-electron chi connectivity index (χ2n) is 3.53. The minimum atomic E-state index is 0.0498. The minimum Gasteiger partial charge on any atom is -0.444 e. The first-order chi connectivity index (χ1) is 5.04. The summed E-state index contributed by atoms with van der Waals surface area (Å²) in [6.07, 6.45) is 1.77. The number of hydrogen-bond acceptors (Lipinski definition) is 3. The molecule has 1 heterocycles. The van der Waals surface area contributed by atoms with Gasteiger partial charge in [-0.2, -0.15) is 12.6 Å². The van der Waals surface area contributed by atoms with E-state index in [0.717, 1.165) is 5.76 Å². The summed E-state index contributed by atoms with van der Waals surface area (Å²) in [4.78, 5) is 4.06. The molecule has 0 aliphatic heterocycles. The number of rotatable bonds is 1. The van der Waals surface area contributed by atoms with E-state index in [9.17, 15) is 0 Å². The predicted octanol–water partition coefficient (Wildman–Crippen LogP) is 2.40. The van der Waals surface area contributed by atoms with Crippen LogP contribution in [-0.4, -0.2) is 4.98 Å². The van der Waals surface area contributed by atoms with Gasteiger partial charge in [0.05, 0.1) is 11.9 Å². The Bertz CT molecular complexity index is 236. The van der Waals surface area contributed by atoms with Crippen molar-refractivity contribution in [3.05, 3.63) is 17.8 Å². The molecule has 0 aliphatic carbocycles. The van der Waals surface area contributed by atoms with Crippen LogP contribution in [0.4, 0.5) is 0 Å². The Morgan fingerprint density at radius 2 is 2.18 bits per heavy atom. The first-order valence-corrected chi connectivity index (χ1v) is 4.23. The average molecular weight is 171 g/mol. The molecule has 0 atom stereocenters. The Kier molecular flexibility index (Phi) is 2.28. The van der Waals surface area contributed by atoms with Crippen LogP contribution in [0.3, 0.4) is 0 Å². The maximum absolute atomic E-state index is 5.41. The fourth-order valence-electron chi connectivity index (χ4n) is 0.730. The highest BCUT2D eigenvalue weighted by Crippen LogP contribution is 2.22. The van der Waals surface area contributed by atoms with Crippen molar-refractivity contribution in [2.24, 2.45) is 0 Å². The average Bonchev–Trinajstić information content (AvgIpc) is 2.32. The summed E-state index contributed by atoms with van der Waals surface area (Å²) < 4.78 is 5.41. The summed E-state index contributed by atoms with van der Waals surface area (Å²) in [5, 5.41) is 0. The normalized spacial score (nSPS) is 12.0. The van der Waals surface area contributed by atoms with Crippen molar-refractivity contribution in [2.75, 3.05) is 0 Å². The smallest absolute Gasteiger partial charge is 0.204 e. The minimum absolute atomic E-state index is 0.0498. The highest BCUT2D eigenvalue weighted by molar-refractivity contribution is 7.79. The van der Waals surface area contributed by atoms with E-state index >= 15 is 0 Å². The summed E-state index contributed by atoms with van der Waals surface area (Å²) in [6.45, 7) is 6.28. The van der Waals surface area contributed by atoms with Crippen molar-refractivity contribution in [2.45, 2.75) is 31.9 Å². The molecule has 0 saturated carbocycles. The summed E-state index contributed by atoms with van der Waals surface area (Å²) in [7, 11) is 0. The maximum atomic E-state index is 5.41. The lowest BCUT2D eigenvalue weighted by Gasteiger charge is -2.12. The molecule has 2 nitrogen and oxygen atoms in total. The second-order valence-corrected chi connectivity index (χ2v) is 3.84. The zero-order chi connectivity index (χ0) is 8.48. The molecule has 0 bridgehead atoms. The molecule has 0 radical (unpaired) electrons. The molecule has 1 aromatic heterocycles. The van der Waals surface area contributed by atoms with E-state index < -0.39 is 0 Å². The van der Waals surface area contributed by atoms with Crippen LogP contribution in [0, 0.1) is 0 Å². The van der Waals surface area contributed by atoms with Gasteiger partial charge < -0.3 is 4.42 Å². The zero-order valence-electron chi connectivity index (χ0n) is 7.09. The van der Waals surface area contributed by atoms with E-state index in [-0.39, 0.29) is 5.41 Å². The third-order valence-electron chi connectivity index (χ3n) is 1.43. The van der Waals surface area contributed by atoms with Gasteiger partial charge in [-0.25, -0.2) is 4.98 Å².